The van der Waals surface area contributed by atoms with E-state index in [1.807, 2.05) is 19.1 Å². The van der Waals surface area contributed by atoms with Gasteiger partial charge in [-0.1, -0.05) is 23.7 Å². The van der Waals surface area contributed by atoms with E-state index in [4.69, 9.17) is 16.0 Å². The number of carbonyl (C=O) groups excluding carboxylic acids is 1. The number of oxazole rings is 1. The second-order valence-electron chi connectivity index (χ2n) is 6.37. The number of carbonyl (C=O) groups is 1. The maximum atomic E-state index is 12.2. The Morgan fingerprint density at radius 1 is 1.29 bits per heavy atom. The number of benzene rings is 2. The third kappa shape index (κ3) is 4.40. The van der Waals surface area contributed by atoms with Crippen LogP contribution in [0.3, 0.4) is 0 Å². The molecule has 8 nitrogen and oxygen atoms in total. The topological polar surface area (TPSA) is 107 Å². The minimum atomic E-state index is -0.606. The van der Waals surface area contributed by atoms with Crippen LogP contribution >= 0.6 is 11.6 Å². The molecule has 0 radical (unpaired) electrons. The molecule has 1 atom stereocenters. The second-order valence-corrected chi connectivity index (χ2v) is 6.81. The number of nitrogens with zero attached hydrogens (tertiary/aromatic N) is 2. The quantitative estimate of drug-likeness (QED) is 0.476. The summed E-state index contributed by atoms with van der Waals surface area (Å²) in [5.41, 5.74) is 1.41. The average molecular weight is 404 g/mol. The summed E-state index contributed by atoms with van der Waals surface area (Å²) in [7, 11) is 0. The molecular formula is C19H18ClN3O5. The molecule has 1 aromatic heterocycles. The Morgan fingerprint density at radius 2 is 2.00 bits per heavy atom. The number of aryl methyl sites for hydroxylation is 1. The molecule has 0 aliphatic rings. The van der Waals surface area contributed by atoms with Gasteiger partial charge in [-0.05, 0) is 37.1 Å². The first-order valence-corrected chi connectivity index (χ1v) is 9.05. The van der Waals surface area contributed by atoms with Gasteiger partial charge < -0.3 is 9.73 Å². The highest BCUT2D eigenvalue weighted by atomic mass is 35.5. The maximum Gasteiger partial charge on any atom is 0.419 e. The molecule has 0 unspecified atom stereocenters. The standard InChI is InChI=1S/C19H18ClN3O5/c1-12(13-4-6-14(20)7-5-13)21-18(24)3-2-10-22-16-9-8-15(23(26)27)11-17(16)28-19(22)25/h4-9,11-12H,2-3,10H2,1H3,(H,21,24)/t12-/m1/s1. The summed E-state index contributed by atoms with van der Waals surface area (Å²) >= 11 is 5.86. The van der Waals surface area contributed by atoms with E-state index >= 15 is 0 Å². The van der Waals surface area contributed by atoms with Gasteiger partial charge in [-0.2, -0.15) is 0 Å². The van der Waals surface area contributed by atoms with Crippen molar-refractivity contribution in [3.8, 4) is 0 Å². The summed E-state index contributed by atoms with van der Waals surface area (Å²) in [6, 6.07) is 11.1. The van der Waals surface area contributed by atoms with Crippen molar-refractivity contribution in [3.63, 3.8) is 0 Å². The van der Waals surface area contributed by atoms with Gasteiger partial charge in [-0.25, -0.2) is 4.79 Å². The van der Waals surface area contributed by atoms with Crippen molar-refractivity contribution in [2.45, 2.75) is 32.4 Å². The van der Waals surface area contributed by atoms with Gasteiger partial charge in [-0.15, -0.1) is 0 Å². The van der Waals surface area contributed by atoms with Gasteiger partial charge in [0.1, 0.15) is 0 Å². The van der Waals surface area contributed by atoms with E-state index < -0.39 is 10.7 Å². The third-order valence-electron chi connectivity index (χ3n) is 4.40. The number of nitrogens with one attached hydrogen (secondary N) is 1. The monoisotopic (exact) mass is 403 g/mol. The normalized spacial score (nSPS) is 12.1. The predicted molar refractivity (Wildman–Crippen MR) is 104 cm³/mol. The number of aromatic nitrogens is 1. The second kappa shape index (κ2) is 8.26. The largest absolute Gasteiger partial charge is 0.419 e. The highest BCUT2D eigenvalue weighted by molar-refractivity contribution is 6.30. The minimum Gasteiger partial charge on any atom is -0.407 e. The Morgan fingerprint density at radius 3 is 2.68 bits per heavy atom. The van der Waals surface area contributed by atoms with Crippen LogP contribution in [0, 0.1) is 10.1 Å². The number of fused-ring (bicyclic) bond motifs is 1. The van der Waals surface area contributed by atoms with E-state index in [-0.39, 0.29) is 36.2 Å². The fourth-order valence-electron chi connectivity index (χ4n) is 2.93. The zero-order chi connectivity index (χ0) is 20.3. The molecule has 1 amide bonds. The van der Waals surface area contributed by atoms with Crippen molar-refractivity contribution in [3.05, 3.63) is 73.7 Å². The Labute approximate surface area is 164 Å². The molecular weight excluding hydrogens is 386 g/mol. The maximum absolute atomic E-state index is 12.2. The number of hydrogen-bond acceptors (Lipinski definition) is 5. The van der Waals surface area contributed by atoms with Crippen LogP contribution in [0.1, 0.15) is 31.4 Å². The average Bonchev–Trinajstić information content (AvgIpc) is 2.96. The van der Waals surface area contributed by atoms with Crippen molar-refractivity contribution >= 4 is 34.3 Å². The first-order valence-electron chi connectivity index (χ1n) is 8.68. The first kappa shape index (κ1) is 19.6. The van der Waals surface area contributed by atoms with Crippen molar-refractivity contribution in [2.24, 2.45) is 0 Å². The van der Waals surface area contributed by atoms with Gasteiger partial charge in [0.15, 0.2) is 5.58 Å². The van der Waals surface area contributed by atoms with E-state index in [2.05, 4.69) is 5.32 Å². The van der Waals surface area contributed by atoms with E-state index in [1.165, 1.54) is 22.8 Å². The lowest BCUT2D eigenvalue weighted by Crippen LogP contribution is -2.27. The van der Waals surface area contributed by atoms with Crippen molar-refractivity contribution in [2.75, 3.05) is 0 Å². The Balaban J connectivity index is 1.59. The van der Waals surface area contributed by atoms with Gasteiger partial charge in [0.25, 0.3) is 5.69 Å². The van der Waals surface area contributed by atoms with Crippen LogP contribution in [0.5, 0.6) is 0 Å². The number of hydrogen-bond donors (Lipinski definition) is 1. The smallest absolute Gasteiger partial charge is 0.407 e. The highest BCUT2D eigenvalue weighted by Gasteiger charge is 2.15. The highest BCUT2D eigenvalue weighted by Crippen LogP contribution is 2.20. The van der Waals surface area contributed by atoms with Gasteiger partial charge >= 0.3 is 5.76 Å². The van der Waals surface area contributed by atoms with Crippen molar-refractivity contribution in [1.29, 1.82) is 0 Å². The molecule has 0 bridgehead atoms. The molecule has 0 spiro atoms. The molecule has 9 heteroatoms. The van der Waals surface area contributed by atoms with Crippen LogP contribution in [0.25, 0.3) is 11.1 Å². The molecule has 0 aliphatic carbocycles. The Hall–Kier alpha value is -3.13. The lowest BCUT2D eigenvalue weighted by Gasteiger charge is -2.14. The number of nitro benzene ring substituents is 1. The molecule has 0 saturated heterocycles. The van der Waals surface area contributed by atoms with Gasteiger partial charge in [0, 0.05) is 24.1 Å². The van der Waals surface area contributed by atoms with E-state index in [0.29, 0.717) is 17.0 Å². The fraction of sp³-hybridized carbons (Fsp3) is 0.263. The molecule has 1 heterocycles. The molecule has 0 saturated carbocycles. The third-order valence-corrected chi connectivity index (χ3v) is 4.65. The lowest BCUT2D eigenvalue weighted by molar-refractivity contribution is -0.384. The SMILES string of the molecule is C[C@@H](NC(=O)CCCn1c(=O)oc2cc([N+](=O)[O-])ccc21)c1ccc(Cl)cc1. The van der Waals surface area contributed by atoms with Gasteiger partial charge in [0.2, 0.25) is 5.91 Å². The summed E-state index contributed by atoms with van der Waals surface area (Å²) in [6.45, 7) is 2.15. The van der Waals surface area contributed by atoms with E-state index in [1.54, 1.807) is 12.1 Å². The van der Waals surface area contributed by atoms with Crippen LogP contribution in [0.4, 0.5) is 5.69 Å². The van der Waals surface area contributed by atoms with Crippen LogP contribution in [0.2, 0.25) is 5.02 Å². The van der Waals surface area contributed by atoms with Crippen LogP contribution in [-0.4, -0.2) is 15.4 Å². The van der Waals surface area contributed by atoms with Gasteiger partial charge in [0.05, 0.1) is 22.5 Å². The molecule has 28 heavy (non-hydrogen) atoms. The molecule has 0 aliphatic heterocycles. The molecule has 1 N–H and O–H groups in total. The van der Waals surface area contributed by atoms with Crippen molar-refractivity contribution < 1.29 is 14.1 Å². The molecule has 3 aromatic rings. The number of halogens is 1. The van der Waals surface area contributed by atoms with Crippen LogP contribution < -0.4 is 11.1 Å². The van der Waals surface area contributed by atoms with E-state index in [9.17, 15) is 19.7 Å². The lowest BCUT2D eigenvalue weighted by atomic mass is 10.1. The number of non-ortho nitro benzene ring substituents is 1. The number of nitro groups is 1. The molecule has 0 fully saturated rings. The molecule has 146 valence electrons. The van der Waals surface area contributed by atoms with Crippen LogP contribution in [-0.2, 0) is 11.3 Å². The number of amides is 1. The zero-order valence-corrected chi connectivity index (χ0v) is 15.8. The Bertz CT molecular complexity index is 1070. The van der Waals surface area contributed by atoms with Gasteiger partial charge in [-0.3, -0.25) is 19.5 Å². The minimum absolute atomic E-state index is 0.140. The summed E-state index contributed by atoms with van der Waals surface area (Å²) < 4.78 is 6.44. The fourth-order valence-corrected chi connectivity index (χ4v) is 3.05. The zero-order valence-electron chi connectivity index (χ0n) is 15.1. The number of rotatable bonds is 7. The Kier molecular flexibility index (Phi) is 5.79. The summed E-state index contributed by atoms with van der Waals surface area (Å²) in [5, 5.41) is 14.3. The van der Waals surface area contributed by atoms with E-state index in [0.717, 1.165) is 5.56 Å². The summed E-state index contributed by atoms with van der Waals surface area (Å²) in [4.78, 5) is 34.4. The molecule has 2 aromatic carbocycles. The van der Waals surface area contributed by atoms with Crippen LogP contribution in [0.15, 0.2) is 51.7 Å². The summed E-state index contributed by atoms with van der Waals surface area (Å²) in [6.07, 6.45) is 0.648. The van der Waals surface area contributed by atoms with Crippen molar-refractivity contribution in [1.82, 2.24) is 9.88 Å². The predicted octanol–water partition coefficient (Wildman–Crippen LogP) is 3.81. The molecule has 3 rings (SSSR count). The first-order chi connectivity index (χ1) is 13.3. The summed E-state index contributed by atoms with van der Waals surface area (Å²) in [5.74, 6) is -0.746.